The highest BCUT2D eigenvalue weighted by Crippen LogP contribution is 2.15. The lowest BCUT2D eigenvalue weighted by Gasteiger charge is -2.24. The molecule has 0 aliphatic heterocycles. The Balaban J connectivity index is 2.80. The third kappa shape index (κ3) is 5.26. The quantitative estimate of drug-likeness (QED) is 0.811. The van der Waals surface area contributed by atoms with E-state index in [1.54, 1.807) is 13.0 Å². The fourth-order valence-corrected chi connectivity index (χ4v) is 2.28. The first-order valence-corrected chi connectivity index (χ1v) is 7.94. The maximum Gasteiger partial charge on any atom is 0.326 e. The number of urea groups is 1. The van der Waals surface area contributed by atoms with E-state index in [1.807, 2.05) is 6.26 Å². The fourth-order valence-electron chi connectivity index (χ4n) is 1.81. The topological polar surface area (TPSA) is 69.6 Å². The standard InChI is InChI=1S/C14H19FN2O3S/c1-3-17(11-6-4-5-10(15)9-11)14(20)16-12(13(18)19)7-8-21-2/h4-6,9,12H,3,7-8H2,1-2H3,(H,16,20)(H,18,19). The van der Waals surface area contributed by atoms with Gasteiger partial charge in [0.2, 0.25) is 0 Å². The average molecular weight is 314 g/mol. The number of hydrogen-bond donors (Lipinski definition) is 2. The zero-order chi connectivity index (χ0) is 15.8. The molecule has 21 heavy (non-hydrogen) atoms. The monoisotopic (exact) mass is 314 g/mol. The van der Waals surface area contributed by atoms with Gasteiger partial charge in [0, 0.05) is 12.2 Å². The van der Waals surface area contributed by atoms with Gasteiger partial charge in [0.1, 0.15) is 11.9 Å². The summed E-state index contributed by atoms with van der Waals surface area (Å²) in [5.74, 6) is -0.896. The largest absolute Gasteiger partial charge is 0.480 e. The first kappa shape index (κ1) is 17.3. The minimum Gasteiger partial charge on any atom is -0.480 e. The van der Waals surface area contributed by atoms with Gasteiger partial charge in [0.05, 0.1) is 0 Å². The third-order valence-electron chi connectivity index (χ3n) is 2.89. The number of carbonyl (C=O) groups is 2. The minimum absolute atomic E-state index is 0.310. The van der Waals surface area contributed by atoms with Gasteiger partial charge in [-0.3, -0.25) is 4.90 Å². The predicted octanol–water partition coefficient (Wildman–Crippen LogP) is 2.57. The first-order valence-electron chi connectivity index (χ1n) is 6.55. The molecule has 0 heterocycles. The van der Waals surface area contributed by atoms with E-state index in [1.165, 1.54) is 34.9 Å². The molecular formula is C14H19FN2O3S. The SMILES string of the molecule is CCN(C(=O)NC(CCSC)C(=O)O)c1cccc(F)c1. The second-order valence-electron chi connectivity index (χ2n) is 4.35. The van der Waals surface area contributed by atoms with Gasteiger partial charge < -0.3 is 10.4 Å². The number of thioether (sulfide) groups is 1. The van der Waals surface area contributed by atoms with Gasteiger partial charge in [-0.2, -0.15) is 11.8 Å². The average Bonchev–Trinajstić information content (AvgIpc) is 2.44. The van der Waals surface area contributed by atoms with Crippen LogP contribution in [-0.2, 0) is 4.79 Å². The molecule has 1 aromatic carbocycles. The molecule has 1 atom stereocenters. The molecule has 0 spiro atoms. The zero-order valence-electron chi connectivity index (χ0n) is 12.0. The third-order valence-corrected chi connectivity index (χ3v) is 3.53. The van der Waals surface area contributed by atoms with Gasteiger partial charge >= 0.3 is 12.0 Å². The van der Waals surface area contributed by atoms with Crippen LogP contribution in [-0.4, -0.2) is 41.7 Å². The van der Waals surface area contributed by atoms with E-state index < -0.39 is 23.9 Å². The van der Waals surface area contributed by atoms with Crippen LogP contribution in [0.15, 0.2) is 24.3 Å². The van der Waals surface area contributed by atoms with Crippen LogP contribution in [0, 0.1) is 5.82 Å². The Morgan fingerprint density at radius 1 is 1.48 bits per heavy atom. The maximum absolute atomic E-state index is 13.2. The number of amides is 2. The summed E-state index contributed by atoms with van der Waals surface area (Å²) in [5, 5.41) is 11.6. The summed E-state index contributed by atoms with van der Waals surface area (Å²) in [6, 6.07) is 4.13. The molecule has 0 aromatic heterocycles. The summed E-state index contributed by atoms with van der Waals surface area (Å²) in [5.41, 5.74) is 0.393. The van der Waals surface area contributed by atoms with Crippen molar-refractivity contribution >= 4 is 29.4 Å². The van der Waals surface area contributed by atoms with Crippen LogP contribution in [0.2, 0.25) is 0 Å². The Morgan fingerprint density at radius 2 is 2.19 bits per heavy atom. The highest BCUT2D eigenvalue weighted by molar-refractivity contribution is 7.98. The maximum atomic E-state index is 13.2. The molecule has 7 heteroatoms. The van der Waals surface area contributed by atoms with Crippen LogP contribution in [0.5, 0.6) is 0 Å². The lowest BCUT2D eigenvalue weighted by Crippen LogP contribution is -2.48. The number of rotatable bonds is 7. The molecule has 0 aliphatic rings. The van der Waals surface area contributed by atoms with Gasteiger partial charge in [0.15, 0.2) is 0 Å². The van der Waals surface area contributed by atoms with E-state index in [2.05, 4.69) is 5.32 Å². The molecule has 0 aliphatic carbocycles. The van der Waals surface area contributed by atoms with E-state index in [-0.39, 0.29) is 0 Å². The van der Waals surface area contributed by atoms with E-state index in [0.29, 0.717) is 24.4 Å². The van der Waals surface area contributed by atoms with Gasteiger partial charge in [-0.05, 0) is 43.6 Å². The summed E-state index contributed by atoms with van der Waals surface area (Å²) in [7, 11) is 0. The Bertz CT molecular complexity index is 499. The number of carboxylic acids is 1. The van der Waals surface area contributed by atoms with Crippen LogP contribution < -0.4 is 10.2 Å². The van der Waals surface area contributed by atoms with Crippen molar-refractivity contribution < 1.29 is 19.1 Å². The molecule has 0 saturated heterocycles. The Hall–Kier alpha value is -1.76. The van der Waals surface area contributed by atoms with Crippen LogP contribution in [0.4, 0.5) is 14.9 Å². The number of hydrogen-bond acceptors (Lipinski definition) is 3. The smallest absolute Gasteiger partial charge is 0.326 e. The van der Waals surface area contributed by atoms with Crippen molar-refractivity contribution in [1.82, 2.24) is 5.32 Å². The molecule has 1 aromatic rings. The Morgan fingerprint density at radius 3 is 2.71 bits per heavy atom. The van der Waals surface area contributed by atoms with Crippen molar-refractivity contribution in [1.29, 1.82) is 0 Å². The Labute approximate surface area is 127 Å². The molecule has 1 rings (SSSR count). The molecule has 0 fully saturated rings. The highest BCUT2D eigenvalue weighted by atomic mass is 32.2. The highest BCUT2D eigenvalue weighted by Gasteiger charge is 2.23. The van der Waals surface area contributed by atoms with E-state index in [4.69, 9.17) is 5.11 Å². The predicted molar refractivity (Wildman–Crippen MR) is 82.4 cm³/mol. The number of anilines is 1. The summed E-state index contributed by atoms with van der Waals surface area (Å²) in [6.45, 7) is 2.05. The minimum atomic E-state index is -1.08. The second kappa shape index (κ2) is 8.51. The lowest BCUT2D eigenvalue weighted by molar-refractivity contribution is -0.139. The molecular weight excluding hydrogens is 295 g/mol. The zero-order valence-corrected chi connectivity index (χ0v) is 12.8. The molecule has 116 valence electrons. The van der Waals surface area contributed by atoms with Crippen LogP contribution in [0.25, 0.3) is 0 Å². The molecule has 0 radical (unpaired) electrons. The van der Waals surface area contributed by atoms with Crippen LogP contribution >= 0.6 is 11.8 Å². The van der Waals surface area contributed by atoms with Gasteiger partial charge in [-0.15, -0.1) is 0 Å². The van der Waals surface area contributed by atoms with Crippen LogP contribution in [0.1, 0.15) is 13.3 Å². The number of carboxylic acid groups (broad SMARTS) is 1. The molecule has 1 unspecified atom stereocenters. The summed E-state index contributed by atoms with van der Waals surface area (Å²) >= 11 is 1.51. The van der Waals surface area contributed by atoms with Crippen molar-refractivity contribution in [3.05, 3.63) is 30.1 Å². The van der Waals surface area contributed by atoms with Crippen molar-refractivity contribution in [3.8, 4) is 0 Å². The number of nitrogens with one attached hydrogen (secondary N) is 1. The molecule has 2 amide bonds. The van der Waals surface area contributed by atoms with Gasteiger partial charge in [-0.1, -0.05) is 6.07 Å². The number of carbonyl (C=O) groups excluding carboxylic acids is 1. The summed E-state index contributed by atoms with van der Waals surface area (Å²) < 4.78 is 13.2. The summed E-state index contributed by atoms with van der Waals surface area (Å²) in [4.78, 5) is 24.6. The van der Waals surface area contributed by atoms with Crippen molar-refractivity contribution in [2.45, 2.75) is 19.4 Å². The van der Waals surface area contributed by atoms with Crippen molar-refractivity contribution in [3.63, 3.8) is 0 Å². The number of benzene rings is 1. The fraction of sp³-hybridized carbons (Fsp3) is 0.429. The normalized spacial score (nSPS) is 11.8. The van der Waals surface area contributed by atoms with Gasteiger partial charge in [-0.25, -0.2) is 14.0 Å². The number of halogens is 1. The van der Waals surface area contributed by atoms with E-state index in [0.717, 1.165) is 0 Å². The molecule has 0 bridgehead atoms. The van der Waals surface area contributed by atoms with Crippen molar-refractivity contribution in [2.24, 2.45) is 0 Å². The van der Waals surface area contributed by atoms with Crippen LogP contribution in [0.3, 0.4) is 0 Å². The lowest BCUT2D eigenvalue weighted by atomic mass is 10.2. The van der Waals surface area contributed by atoms with E-state index >= 15 is 0 Å². The first-order chi connectivity index (χ1) is 9.99. The van der Waals surface area contributed by atoms with E-state index in [9.17, 15) is 14.0 Å². The number of aliphatic carboxylic acids is 1. The summed E-state index contributed by atoms with van der Waals surface area (Å²) in [6.07, 6.45) is 2.20. The molecule has 2 N–H and O–H groups in total. The van der Waals surface area contributed by atoms with Gasteiger partial charge in [0.25, 0.3) is 0 Å². The molecule has 5 nitrogen and oxygen atoms in total. The number of nitrogens with zero attached hydrogens (tertiary/aromatic N) is 1. The van der Waals surface area contributed by atoms with Crippen molar-refractivity contribution in [2.75, 3.05) is 23.5 Å². The Kier molecular flexibility index (Phi) is 7.01. The molecule has 0 saturated carbocycles. The second-order valence-corrected chi connectivity index (χ2v) is 5.33.